The molecule has 4 aromatic heterocycles. The van der Waals surface area contributed by atoms with Gasteiger partial charge in [-0.2, -0.15) is 0 Å². The Labute approximate surface area is 313 Å². The van der Waals surface area contributed by atoms with Crippen molar-refractivity contribution in [2.75, 3.05) is 0 Å². The van der Waals surface area contributed by atoms with Crippen LogP contribution >= 0.6 is 11.3 Å². The lowest BCUT2D eigenvalue weighted by atomic mass is 9.94. The predicted molar refractivity (Wildman–Crippen MR) is 228 cm³/mol. The molecule has 0 saturated carbocycles. The van der Waals surface area contributed by atoms with E-state index >= 15 is 0 Å². The molecule has 12 rings (SSSR count). The SMILES string of the molecule is c1ccc(-c2nc(-n3c4ccccc4c4cc(-c5nc6c7ccccc7c7c8ccccc8sc7c6c6ccccc56)ccc43)nc3ccccc23)cc1. The highest BCUT2D eigenvalue weighted by atomic mass is 32.1. The van der Waals surface area contributed by atoms with Crippen LogP contribution in [0.15, 0.2) is 170 Å². The van der Waals surface area contributed by atoms with Crippen molar-refractivity contribution in [2.24, 2.45) is 0 Å². The highest BCUT2D eigenvalue weighted by Gasteiger charge is 2.21. The third kappa shape index (κ3) is 4.15. The molecule has 0 saturated heterocycles. The van der Waals surface area contributed by atoms with Gasteiger partial charge in [0.05, 0.1) is 33.5 Å². The van der Waals surface area contributed by atoms with Crippen molar-refractivity contribution in [3.05, 3.63) is 170 Å². The van der Waals surface area contributed by atoms with Gasteiger partial charge in [-0.1, -0.05) is 140 Å². The van der Waals surface area contributed by atoms with E-state index in [-0.39, 0.29) is 0 Å². The van der Waals surface area contributed by atoms with Crippen LogP contribution in [0.3, 0.4) is 0 Å². The molecular weight excluding hydrogens is 677 g/mol. The molecule has 0 aliphatic heterocycles. The number of hydrogen-bond donors (Lipinski definition) is 0. The van der Waals surface area contributed by atoms with Gasteiger partial charge in [0, 0.05) is 63.6 Å². The fraction of sp³-hybridized carbons (Fsp3) is 0. The first kappa shape index (κ1) is 29.6. The number of para-hydroxylation sites is 2. The molecule has 0 fully saturated rings. The van der Waals surface area contributed by atoms with E-state index in [4.69, 9.17) is 15.0 Å². The minimum absolute atomic E-state index is 0.652. The topological polar surface area (TPSA) is 43.6 Å². The Balaban J connectivity index is 1.15. The van der Waals surface area contributed by atoms with Crippen LogP contribution in [-0.2, 0) is 0 Å². The van der Waals surface area contributed by atoms with Crippen LogP contribution in [0.4, 0.5) is 0 Å². The van der Waals surface area contributed by atoms with Gasteiger partial charge in [-0.25, -0.2) is 15.0 Å². The molecule has 0 aliphatic rings. The first-order chi connectivity index (χ1) is 26.8. The Hall–Kier alpha value is -6.95. The molecule has 250 valence electrons. The molecule has 8 aromatic carbocycles. The molecule has 0 atom stereocenters. The first-order valence-corrected chi connectivity index (χ1v) is 19.0. The summed E-state index contributed by atoms with van der Waals surface area (Å²) in [6, 6.07) is 60.4. The second-order valence-electron chi connectivity index (χ2n) is 13.9. The van der Waals surface area contributed by atoms with Crippen molar-refractivity contribution in [1.82, 2.24) is 19.5 Å². The van der Waals surface area contributed by atoms with Gasteiger partial charge in [-0.15, -0.1) is 11.3 Å². The van der Waals surface area contributed by atoms with E-state index in [2.05, 4.69) is 162 Å². The van der Waals surface area contributed by atoms with Crippen LogP contribution < -0.4 is 0 Å². The Morgan fingerprint density at radius 2 is 1.00 bits per heavy atom. The van der Waals surface area contributed by atoms with Crippen molar-refractivity contribution in [3.8, 4) is 28.5 Å². The normalized spacial score (nSPS) is 12.1. The molecule has 0 aliphatic carbocycles. The maximum Gasteiger partial charge on any atom is 0.235 e. The molecule has 5 heteroatoms. The highest BCUT2D eigenvalue weighted by Crippen LogP contribution is 2.47. The third-order valence-electron chi connectivity index (χ3n) is 11.0. The maximum absolute atomic E-state index is 5.63. The minimum Gasteiger partial charge on any atom is -0.278 e. The van der Waals surface area contributed by atoms with Crippen molar-refractivity contribution in [1.29, 1.82) is 0 Å². The molecule has 54 heavy (non-hydrogen) atoms. The zero-order valence-electron chi connectivity index (χ0n) is 28.9. The summed E-state index contributed by atoms with van der Waals surface area (Å²) in [5.41, 5.74) is 8.12. The monoisotopic (exact) mass is 704 g/mol. The highest BCUT2D eigenvalue weighted by molar-refractivity contribution is 7.27. The van der Waals surface area contributed by atoms with E-state index in [0.717, 1.165) is 66.1 Å². The van der Waals surface area contributed by atoms with Crippen LogP contribution in [0.2, 0.25) is 0 Å². The Kier molecular flexibility index (Phi) is 6.18. The van der Waals surface area contributed by atoms with Crippen LogP contribution in [0.25, 0.3) is 114 Å². The average Bonchev–Trinajstić information content (AvgIpc) is 3.79. The van der Waals surface area contributed by atoms with Gasteiger partial charge in [0.15, 0.2) is 0 Å². The van der Waals surface area contributed by atoms with E-state index in [1.54, 1.807) is 0 Å². The zero-order valence-corrected chi connectivity index (χ0v) is 29.7. The number of benzene rings is 8. The first-order valence-electron chi connectivity index (χ1n) is 18.2. The summed E-state index contributed by atoms with van der Waals surface area (Å²) in [5, 5.41) is 12.0. The van der Waals surface area contributed by atoms with Crippen LogP contribution in [0.5, 0.6) is 0 Å². The van der Waals surface area contributed by atoms with Crippen LogP contribution in [0, 0.1) is 0 Å². The maximum atomic E-state index is 5.63. The number of fused-ring (bicyclic) bond motifs is 14. The number of thiophene rings is 1. The van der Waals surface area contributed by atoms with Gasteiger partial charge < -0.3 is 0 Å². The fourth-order valence-electron chi connectivity index (χ4n) is 8.62. The average molecular weight is 705 g/mol. The van der Waals surface area contributed by atoms with E-state index in [1.807, 2.05) is 23.5 Å². The fourth-order valence-corrected chi connectivity index (χ4v) is 9.90. The summed E-state index contributed by atoms with van der Waals surface area (Å²) >= 11 is 1.87. The Bertz CT molecular complexity index is 3510. The van der Waals surface area contributed by atoms with E-state index in [0.29, 0.717) is 5.95 Å². The Morgan fingerprint density at radius 1 is 0.389 bits per heavy atom. The van der Waals surface area contributed by atoms with Gasteiger partial charge in [0.2, 0.25) is 5.95 Å². The van der Waals surface area contributed by atoms with E-state index < -0.39 is 0 Å². The lowest BCUT2D eigenvalue weighted by molar-refractivity contribution is 1.01. The zero-order chi connectivity index (χ0) is 35.3. The third-order valence-corrected chi connectivity index (χ3v) is 12.2. The van der Waals surface area contributed by atoms with Crippen LogP contribution in [0.1, 0.15) is 0 Å². The number of nitrogens with zero attached hydrogens (tertiary/aromatic N) is 4. The largest absolute Gasteiger partial charge is 0.278 e. The Morgan fingerprint density at radius 3 is 1.83 bits per heavy atom. The standard InChI is InChI=1S/C49H28N4S/c1-2-14-29(15-3-1)45-36-21-8-11-23-39(36)50-49(52-45)53-40-24-12-9-16-31(40)38-28-30(26-27-41(38)53)46-34-19-6-5-18-33(34)44-47(51-46)35-20-7-4-17-32(35)43-37-22-10-13-25-42(37)54-48(43)44/h1-28H. The van der Waals surface area contributed by atoms with Gasteiger partial charge in [-0.3, -0.25) is 4.57 Å². The summed E-state index contributed by atoms with van der Waals surface area (Å²) in [7, 11) is 0. The lowest BCUT2D eigenvalue weighted by Crippen LogP contribution is -2.03. The minimum atomic E-state index is 0.652. The summed E-state index contributed by atoms with van der Waals surface area (Å²) < 4.78 is 4.81. The van der Waals surface area contributed by atoms with Gasteiger partial charge in [0.25, 0.3) is 0 Å². The molecule has 12 aromatic rings. The van der Waals surface area contributed by atoms with Crippen molar-refractivity contribution in [3.63, 3.8) is 0 Å². The molecule has 0 unspecified atom stereocenters. The van der Waals surface area contributed by atoms with Gasteiger partial charge >= 0.3 is 0 Å². The molecule has 4 nitrogen and oxygen atoms in total. The van der Waals surface area contributed by atoms with E-state index in [1.165, 1.54) is 41.7 Å². The summed E-state index contributed by atoms with van der Waals surface area (Å²) in [6.07, 6.45) is 0. The van der Waals surface area contributed by atoms with Gasteiger partial charge in [-0.05, 0) is 41.1 Å². The molecule has 0 spiro atoms. The van der Waals surface area contributed by atoms with E-state index in [9.17, 15) is 0 Å². The number of aromatic nitrogens is 4. The molecule has 4 heterocycles. The molecule has 0 bridgehead atoms. The summed E-state index contributed by atoms with van der Waals surface area (Å²) in [6.45, 7) is 0. The second kappa shape index (κ2) is 11.3. The smallest absolute Gasteiger partial charge is 0.235 e. The number of hydrogen-bond acceptors (Lipinski definition) is 4. The summed E-state index contributed by atoms with van der Waals surface area (Å²) in [5.74, 6) is 0.652. The molecule has 0 radical (unpaired) electrons. The summed E-state index contributed by atoms with van der Waals surface area (Å²) in [4.78, 5) is 16.1. The molecular formula is C49H28N4S. The van der Waals surface area contributed by atoms with Crippen LogP contribution in [-0.4, -0.2) is 19.5 Å². The molecule has 0 N–H and O–H groups in total. The second-order valence-corrected chi connectivity index (χ2v) is 15.0. The van der Waals surface area contributed by atoms with Crippen molar-refractivity contribution >= 4 is 96.7 Å². The van der Waals surface area contributed by atoms with Gasteiger partial charge in [0.1, 0.15) is 0 Å². The predicted octanol–water partition coefficient (Wildman–Crippen LogP) is 13.3. The lowest BCUT2D eigenvalue weighted by Gasteiger charge is -2.14. The van der Waals surface area contributed by atoms with Crippen molar-refractivity contribution < 1.29 is 0 Å². The van der Waals surface area contributed by atoms with Crippen molar-refractivity contribution in [2.45, 2.75) is 0 Å². The quantitative estimate of drug-likeness (QED) is 0.172. The number of pyridine rings is 1. The number of rotatable bonds is 3. The molecule has 0 amide bonds.